The van der Waals surface area contributed by atoms with E-state index in [0.29, 0.717) is 0 Å². The molecule has 5 heteroatoms. The second-order valence-corrected chi connectivity index (χ2v) is 6.16. The topological polar surface area (TPSA) is 45.6 Å². The molecule has 0 amide bonds. The Kier molecular flexibility index (Phi) is 4.41. The summed E-state index contributed by atoms with van der Waals surface area (Å²) in [5.41, 5.74) is 2.10. The van der Waals surface area contributed by atoms with Gasteiger partial charge in [-0.15, -0.1) is 0 Å². The minimum Gasteiger partial charge on any atom is -0.491 e. The van der Waals surface area contributed by atoms with Crippen molar-refractivity contribution in [2.24, 2.45) is 0 Å². The van der Waals surface area contributed by atoms with Crippen LogP contribution in [0.1, 0.15) is 30.3 Å². The first-order valence-corrected chi connectivity index (χ1v) is 8.24. The first-order valence-electron chi connectivity index (χ1n) is 7.42. The number of aryl methyl sites for hydroxylation is 1. The summed E-state index contributed by atoms with van der Waals surface area (Å²) >= 11 is 1.59. The zero-order valence-corrected chi connectivity index (χ0v) is 13.0. The minimum atomic E-state index is 0.0684. The molecule has 0 aliphatic carbocycles. The van der Waals surface area contributed by atoms with Crippen LogP contribution in [0.25, 0.3) is 0 Å². The normalized spacial score (nSPS) is 14.5. The maximum absolute atomic E-state index is 9.53. The van der Waals surface area contributed by atoms with Gasteiger partial charge in [-0.25, -0.2) is 4.98 Å². The molecule has 3 rings (SSSR count). The van der Waals surface area contributed by atoms with Gasteiger partial charge in [-0.3, -0.25) is 0 Å². The fraction of sp³-hybridized carbons (Fsp3) is 0.438. The quantitative estimate of drug-likeness (QED) is 0.939. The van der Waals surface area contributed by atoms with E-state index in [1.165, 1.54) is 0 Å². The molecule has 0 atom stereocenters. The van der Waals surface area contributed by atoms with Gasteiger partial charge in [-0.1, -0.05) is 36.8 Å². The van der Waals surface area contributed by atoms with E-state index in [0.717, 1.165) is 59.6 Å². The SMILES string of the molecule is CCCc1nc(N2CCCOc3ccccc32)sc1CO. The second kappa shape index (κ2) is 6.45. The molecule has 1 N–H and O–H groups in total. The third-order valence-electron chi connectivity index (χ3n) is 3.57. The van der Waals surface area contributed by atoms with E-state index in [4.69, 9.17) is 9.72 Å². The number of rotatable bonds is 4. The number of thiazole rings is 1. The molecule has 0 bridgehead atoms. The number of hydrogen-bond donors (Lipinski definition) is 1. The Hall–Kier alpha value is -1.59. The Morgan fingerprint density at radius 2 is 2.24 bits per heavy atom. The number of aliphatic hydroxyl groups excluding tert-OH is 1. The summed E-state index contributed by atoms with van der Waals surface area (Å²) in [7, 11) is 0. The van der Waals surface area contributed by atoms with Crippen molar-refractivity contribution >= 4 is 22.2 Å². The number of aromatic nitrogens is 1. The highest BCUT2D eigenvalue weighted by molar-refractivity contribution is 7.15. The molecule has 0 saturated carbocycles. The Labute approximate surface area is 129 Å². The van der Waals surface area contributed by atoms with Crippen LogP contribution in [0, 0.1) is 0 Å². The van der Waals surface area contributed by atoms with Crippen LogP contribution < -0.4 is 9.64 Å². The Balaban J connectivity index is 1.99. The molecule has 2 aromatic rings. The number of benzene rings is 1. The zero-order valence-electron chi connectivity index (χ0n) is 12.2. The van der Waals surface area contributed by atoms with E-state index in [1.54, 1.807) is 11.3 Å². The summed E-state index contributed by atoms with van der Waals surface area (Å²) in [4.78, 5) is 7.96. The molecule has 112 valence electrons. The number of aliphatic hydroxyl groups is 1. The first-order chi connectivity index (χ1) is 10.3. The largest absolute Gasteiger partial charge is 0.491 e. The van der Waals surface area contributed by atoms with Crippen LogP contribution in [0.3, 0.4) is 0 Å². The summed E-state index contributed by atoms with van der Waals surface area (Å²) in [6.45, 7) is 3.82. The van der Waals surface area contributed by atoms with Crippen molar-refractivity contribution in [3.8, 4) is 5.75 Å². The maximum atomic E-state index is 9.53. The van der Waals surface area contributed by atoms with Gasteiger partial charge in [-0.2, -0.15) is 0 Å². The fourth-order valence-corrected chi connectivity index (χ4v) is 3.57. The first kappa shape index (κ1) is 14.4. The highest BCUT2D eigenvalue weighted by Gasteiger charge is 2.21. The van der Waals surface area contributed by atoms with Crippen LogP contribution in [0.4, 0.5) is 10.8 Å². The second-order valence-electron chi connectivity index (χ2n) is 5.10. The predicted octanol–water partition coefficient (Wildman–Crippen LogP) is 3.51. The van der Waals surface area contributed by atoms with Crippen molar-refractivity contribution < 1.29 is 9.84 Å². The third kappa shape index (κ3) is 2.89. The standard InChI is InChI=1S/C16H20N2O2S/c1-2-6-12-15(11-19)21-16(17-12)18-9-5-10-20-14-8-4-3-7-13(14)18/h3-4,7-8,19H,2,5-6,9-11H2,1H3. The van der Waals surface area contributed by atoms with Crippen molar-refractivity contribution in [1.29, 1.82) is 0 Å². The van der Waals surface area contributed by atoms with E-state index in [9.17, 15) is 5.11 Å². The molecule has 0 spiro atoms. The van der Waals surface area contributed by atoms with Gasteiger partial charge in [0, 0.05) is 6.54 Å². The van der Waals surface area contributed by atoms with Crippen LogP contribution >= 0.6 is 11.3 Å². The third-order valence-corrected chi connectivity index (χ3v) is 4.67. The van der Waals surface area contributed by atoms with Gasteiger partial charge in [-0.05, 0) is 25.0 Å². The molecule has 0 saturated heterocycles. The van der Waals surface area contributed by atoms with E-state index < -0.39 is 0 Å². The van der Waals surface area contributed by atoms with E-state index in [1.807, 2.05) is 18.2 Å². The molecule has 1 aliphatic heterocycles. The van der Waals surface area contributed by atoms with Crippen molar-refractivity contribution in [3.05, 3.63) is 34.8 Å². The molecular formula is C16H20N2O2S. The minimum absolute atomic E-state index is 0.0684. The summed E-state index contributed by atoms with van der Waals surface area (Å²) in [5, 5.41) is 10.5. The van der Waals surface area contributed by atoms with Crippen molar-refractivity contribution in [1.82, 2.24) is 4.98 Å². The summed E-state index contributed by atoms with van der Waals surface area (Å²) in [6.07, 6.45) is 2.92. The molecule has 21 heavy (non-hydrogen) atoms. The average Bonchev–Trinajstić information content (AvgIpc) is 2.78. The summed E-state index contributed by atoms with van der Waals surface area (Å²) < 4.78 is 5.80. The lowest BCUT2D eigenvalue weighted by Crippen LogP contribution is -2.17. The van der Waals surface area contributed by atoms with Crippen LogP contribution in [0.15, 0.2) is 24.3 Å². The molecule has 1 aliphatic rings. The lowest BCUT2D eigenvalue weighted by molar-refractivity contribution is 0.284. The van der Waals surface area contributed by atoms with Gasteiger partial charge in [0.25, 0.3) is 0 Å². The van der Waals surface area contributed by atoms with Crippen molar-refractivity contribution in [2.45, 2.75) is 32.8 Å². The monoisotopic (exact) mass is 304 g/mol. The molecule has 1 aromatic carbocycles. The highest BCUT2D eigenvalue weighted by Crippen LogP contribution is 2.38. The average molecular weight is 304 g/mol. The number of nitrogens with zero attached hydrogens (tertiary/aromatic N) is 2. The van der Waals surface area contributed by atoms with Crippen molar-refractivity contribution in [2.75, 3.05) is 18.1 Å². The number of para-hydroxylation sites is 2. The molecule has 1 aromatic heterocycles. The smallest absolute Gasteiger partial charge is 0.190 e. The van der Waals surface area contributed by atoms with E-state index >= 15 is 0 Å². The Morgan fingerprint density at radius 3 is 3.05 bits per heavy atom. The molecule has 4 nitrogen and oxygen atoms in total. The van der Waals surface area contributed by atoms with Gasteiger partial charge in [0.15, 0.2) is 5.13 Å². The number of fused-ring (bicyclic) bond motifs is 1. The van der Waals surface area contributed by atoms with Gasteiger partial charge >= 0.3 is 0 Å². The highest BCUT2D eigenvalue weighted by atomic mass is 32.1. The molecular weight excluding hydrogens is 284 g/mol. The molecule has 2 heterocycles. The zero-order chi connectivity index (χ0) is 14.7. The van der Waals surface area contributed by atoms with E-state index in [2.05, 4.69) is 17.9 Å². The fourth-order valence-electron chi connectivity index (χ4n) is 2.57. The molecule has 0 radical (unpaired) electrons. The summed E-state index contributed by atoms with van der Waals surface area (Å²) in [5.74, 6) is 0.910. The van der Waals surface area contributed by atoms with Crippen molar-refractivity contribution in [3.63, 3.8) is 0 Å². The molecule has 0 unspecified atom stereocenters. The van der Waals surface area contributed by atoms with Crippen LogP contribution in [0.5, 0.6) is 5.75 Å². The lowest BCUT2D eigenvalue weighted by Gasteiger charge is -2.20. The van der Waals surface area contributed by atoms with Crippen LogP contribution in [-0.4, -0.2) is 23.2 Å². The number of ether oxygens (including phenoxy) is 1. The van der Waals surface area contributed by atoms with Gasteiger partial charge in [0.1, 0.15) is 5.75 Å². The van der Waals surface area contributed by atoms with Gasteiger partial charge < -0.3 is 14.7 Å². The maximum Gasteiger partial charge on any atom is 0.190 e. The number of hydrogen-bond acceptors (Lipinski definition) is 5. The summed E-state index contributed by atoms with van der Waals surface area (Å²) in [6, 6.07) is 8.08. The Bertz CT molecular complexity index is 612. The molecule has 0 fully saturated rings. The van der Waals surface area contributed by atoms with Gasteiger partial charge in [0.05, 0.1) is 29.5 Å². The Morgan fingerprint density at radius 1 is 1.38 bits per heavy atom. The lowest BCUT2D eigenvalue weighted by atomic mass is 10.2. The van der Waals surface area contributed by atoms with E-state index in [-0.39, 0.29) is 6.61 Å². The number of anilines is 2. The van der Waals surface area contributed by atoms with Crippen LogP contribution in [-0.2, 0) is 13.0 Å². The van der Waals surface area contributed by atoms with Gasteiger partial charge in [0.2, 0.25) is 0 Å². The predicted molar refractivity (Wildman–Crippen MR) is 85.6 cm³/mol. The van der Waals surface area contributed by atoms with Crippen LogP contribution in [0.2, 0.25) is 0 Å².